The molecule has 1 aromatic carbocycles. The molecule has 0 saturated carbocycles. The van der Waals surface area contributed by atoms with Crippen LogP contribution in [0.3, 0.4) is 0 Å². The Morgan fingerprint density at radius 2 is 1.22 bits per heavy atom. The molecule has 0 aliphatic heterocycles. The van der Waals surface area contributed by atoms with Crippen molar-refractivity contribution in [2.75, 3.05) is 0 Å². The topological polar surface area (TPSA) is 17.1 Å². The van der Waals surface area contributed by atoms with Crippen LogP contribution in [-0.2, 0) is 15.6 Å². The summed E-state index contributed by atoms with van der Waals surface area (Å²) in [5.74, 6) is 0. The van der Waals surface area contributed by atoms with Gasteiger partial charge < -0.3 is 0 Å². The molecule has 1 aromatic rings. The molecule has 0 N–H and O–H groups in total. The van der Waals surface area contributed by atoms with E-state index in [9.17, 15) is 4.79 Å². The van der Waals surface area contributed by atoms with Crippen molar-refractivity contribution in [1.29, 1.82) is 0 Å². The molecule has 0 aromatic heterocycles. The second kappa shape index (κ2) is 4.77. The van der Waals surface area contributed by atoms with Crippen molar-refractivity contribution >= 4 is 48.5 Å². The standard InChI is InChI=1S/C13H18Cl3OP/c1-11(2,3)7-8(12(4,5)6)9(7)18-10(17)13(14,15)16/h1-6H3. The van der Waals surface area contributed by atoms with E-state index in [-0.39, 0.29) is 16.4 Å². The summed E-state index contributed by atoms with van der Waals surface area (Å²) in [6, 6.07) is 0. The second-order valence-electron chi connectivity index (χ2n) is 6.51. The third-order valence-corrected chi connectivity index (χ3v) is 4.74. The lowest BCUT2D eigenvalue weighted by Gasteiger charge is -2.18. The summed E-state index contributed by atoms with van der Waals surface area (Å²) in [5, 5.41) is 0. The van der Waals surface area contributed by atoms with Crippen molar-refractivity contribution in [3.8, 4) is 0 Å². The Kier molecular flexibility index (Phi) is 4.38. The lowest BCUT2D eigenvalue weighted by molar-refractivity contribution is -0.110. The van der Waals surface area contributed by atoms with Gasteiger partial charge in [0.1, 0.15) is 0 Å². The maximum atomic E-state index is 11.8. The minimum atomic E-state index is -1.83. The fourth-order valence-corrected chi connectivity index (χ4v) is 3.69. The molecule has 18 heavy (non-hydrogen) atoms. The van der Waals surface area contributed by atoms with Gasteiger partial charge >= 0.3 is 0 Å². The van der Waals surface area contributed by atoms with Crippen molar-refractivity contribution in [2.45, 2.75) is 56.2 Å². The van der Waals surface area contributed by atoms with Crippen molar-refractivity contribution in [3.63, 3.8) is 0 Å². The number of halogens is 3. The van der Waals surface area contributed by atoms with E-state index in [4.69, 9.17) is 34.8 Å². The third-order valence-electron chi connectivity index (χ3n) is 2.62. The van der Waals surface area contributed by atoms with Gasteiger partial charge in [-0.2, -0.15) is 0 Å². The van der Waals surface area contributed by atoms with E-state index in [1.54, 1.807) is 0 Å². The first-order valence-electron chi connectivity index (χ1n) is 5.72. The van der Waals surface area contributed by atoms with Gasteiger partial charge in [-0.25, -0.2) is 0 Å². The van der Waals surface area contributed by atoms with Crippen LogP contribution in [0.15, 0.2) is 0 Å². The van der Waals surface area contributed by atoms with Gasteiger partial charge in [-0.1, -0.05) is 76.3 Å². The highest BCUT2D eigenvalue weighted by molar-refractivity contribution is 7.52. The zero-order valence-corrected chi connectivity index (χ0v) is 14.7. The number of carbonyl (C=O) groups excluding carboxylic acids is 1. The van der Waals surface area contributed by atoms with Crippen LogP contribution in [0.5, 0.6) is 0 Å². The largest absolute Gasteiger partial charge is 0.285 e. The fourth-order valence-electron chi connectivity index (χ4n) is 1.91. The molecule has 0 spiro atoms. The molecule has 0 fully saturated rings. The molecule has 5 heteroatoms. The van der Waals surface area contributed by atoms with Crippen molar-refractivity contribution in [2.24, 2.45) is 0 Å². The highest BCUT2D eigenvalue weighted by Crippen LogP contribution is 2.47. The quantitative estimate of drug-likeness (QED) is 0.489. The summed E-state index contributed by atoms with van der Waals surface area (Å²) >= 11 is 16.9. The Hall–Kier alpha value is 0.450. The van der Waals surface area contributed by atoms with Crippen LogP contribution in [0.4, 0.5) is 0 Å². The molecular weight excluding hydrogens is 309 g/mol. The van der Waals surface area contributed by atoms with Crippen LogP contribution in [0.25, 0.3) is 0 Å². The van der Waals surface area contributed by atoms with Crippen molar-refractivity contribution in [1.82, 2.24) is 0 Å². The molecule has 0 bridgehead atoms. The first kappa shape index (κ1) is 16.5. The van der Waals surface area contributed by atoms with Gasteiger partial charge in [0.15, 0.2) is 0 Å². The first-order valence-corrected chi connectivity index (χ1v) is 7.75. The van der Waals surface area contributed by atoms with E-state index in [2.05, 4.69) is 41.5 Å². The Morgan fingerprint density at radius 3 is 1.44 bits per heavy atom. The smallest absolute Gasteiger partial charge is 0.257 e. The highest BCUT2D eigenvalue weighted by atomic mass is 35.6. The predicted molar refractivity (Wildman–Crippen MR) is 81.7 cm³/mol. The van der Waals surface area contributed by atoms with E-state index in [0.29, 0.717) is 8.20 Å². The zero-order valence-electron chi connectivity index (χ0n) is 11.5. The van der Waals surface area contributed by atoms with Crippen molar-refractivity contribution < 1.29 is 4.79 Å². The molecule has 1 rings (SSSR count). The lowest BCUT2D eigenvalue weighted by Crippen LogP contribution is -2.12. The Balaban J connectivity index is 3.28. The summed E-state index contributed by atoms with van der Waals surface area (Å²) in [6.45, 7) is 12.8. The maximum absolute atomic E-state index is 11.8. The van der Waals surface area contributed by atoms with Crippen LogP contribution < -0.4 is 0 Å². The SMILES string of the molecule is CC(C)(C)c1c(C(C)(C)C)c1=PC(=O)C(Cl)(Cl)Cl. The van der Waals surface area contributed by atoms with E-state index >= 15 is 0 Å². The van der Waals surface area contributed by atoms with Gasteiger partial charge in [-0.05, 0) is 30.2 Å². The second-order valence-corrected chi connectivity index (χ2v) is 9.87. The molecule has 0 amide bonds. The van der Waals surface area contributed by atoms with Crippen LogP contribution in [0, 0.1) is 4.94 Å². The van der Waals surface area contributed by atoms with E-state index in [1.165, 1.54) is 11.1 Å². The lowest BCUT2D eigenvalue weighted by atomic mass is 9.86. The molecule has 102 valence electrons. The van der Waals surface area contributed by atoms with Crippen LogP contribution in [0.2, 0.25) is 0 Å². The van der Waals surface area contributed by atoms with Crippen LogP contribution >= 0.6 is 43.0 Å². The molecule has 0 aliphatic rings. The molecule has 0 unspecified atom stereocenters. The Labute approximate surface area is 125 Å². The molecule has 0 saturated heterocycles. The number of rotatable bonds is 1. The Morgan fingerprint density at radius 1 is 0.889 bits per heavy atom. The summed E-state index contributed by atoms with van der Waals surface area (Å²) in [6.07, 6.45) is 0. The molecule has 1 nitrogen and oxygen atoms in total. The summed E-state index contributed by atoms with van der Waals surface area (Å²) in [5.41, 5.74) is 2.17. The molecule has 0 radical (unpaired) electrons. The van der Waals surface area contributed by atoms with E-state index < -0.39 is 3.79 Å². The minimum absolute atomic E-state index is 0.0266. The van der Waals surface area contributed by atoms with Gasteiger partial charge in [0.05, 0.1) is 0 Å². The van der Waals surface area contributed by atoms with Gasteiger partial charge in [-0.15, -0.1) is 0 Å². The van der Waals surface area contributed by atoms with Gasteiger partial charge in [0.2, 0.25) is 5.52 Å². The highest BCUT2D eigenvalue weighted by Gasteiger charge is 2.38. The average Bonchev–Trinajstić information content (AvgIpc) is 2.74. The summed E-state index contributed by atoms with van der Waals surface area (Å²) in [7, 11) is 0.495. The van der Waals surface area contributed by atoms with Gasteiger partial charge in [0.25, 0.3) is 3.79 Å². The van der Waals surface area contributed by atoms with E-state index in [1.807, 2.05) is 0 Å². The predicted octanol–water partition coefficient (Wildman–Crippen LogP) is 5.53. The first-order chi connectivity index (χ1) is 7.76. The van der Waals surface area contributed by atoms with E-state index in [0.717, 1.165) is 4.94 Å². The average molecular weight is 328 g/mol. The summed E-state index contributed by atoms with van der Waals surface area (Å²) in [4.78, 5) is 12.9. The number of hydrogen-bond acceptors (Lipinski definition) is 1. The Bertz CT molecular complexity index is 459. The minimum Gasteiger partial charge on any atom is -0.285 e. The monoisotopic (exact) mass is 326 g/mol. The maximum Gasteiger partial charge on any atom is 0.257 e. The van der Waals surface area contributed by atoms with Gasteiger partial charge in [0, 0.05) is 4.94 Å². The van der Waals surface area contributed by atoms with Gasteiger partial charge in [-0.3, -0.25) is 4.79 Å². The van der Waals surface area contributed by atoms with Crippen LogP contribution in [-0.4, -0.2) is 9.32 Å². The fraction of sp³-hybridized carbons (Fsp3) is 0.692. The zero-order chi connectivity index (χ0) is 14.5. The molecule has 0 aliphatic carbocycles. The third kappa shape index (κ3) is 3.73. The summed E-state index contributed by atoms with van der Waals surface area (Å²) < 4.78 is -1.83. The van der Waals surface area contributed by atoms with Crippen molar-refractivity contribution in [3.05, 3.63) is 16.1 Å². The number of carbonyl (C=O) groups is 1. The number of alkyl halides is 3. The number of hydrogen-bond donors (Lipinski definition) is 0. The molecule has 0 atom stereocenters. The molecular formula is C13H18Cl3OP. The normalized spacial score (nSPS) is 14.5. The van der Waals surface area contributed by atoms with Crippen LogP contribution in [0.1, 0.15) is 52.7 Å². The molecule has 0 heterocycles.